The third-order valence-electron chi connectivity index (χ3n) is 2.25. The quantitative estimate of drug-likeness (QED) is 0.663. The average molecular weight is 235 g/mol. The molecule has 0 unspecified atom stereocenters. The maximum Gasteiger partial charge on any atom is 0.271 e. The molecule has 0 bridgehead atoms. The molecule has 17 heavy (non-hydrogen) atoms. The van der Waals surface area contributed by atoms with Gasteiger partial charge in [-0.3, -0.25) is 4.79 Å². The van der Waals surface area contributed by atoms with Crippen LogP contribution in [0.5, 0.6) is 0 Å². The smallest absolute Gasteiger partial charge is 0.271 e. The fourth-order valence-electron chi connectivity index (χ4n) is 1.37. The second-order valence-corrected chi connectivity index (χ2v) is 3.66. The number of carbonyl (C=O) groups excluding carboxylic acids is 1. The van der Waals surface area contributed by atoms with E-state index in [0.29, 0.717) is 31.7 Å². The molecule has 0 radical (unpaired) electrons. The van der Waals surface area contributed by atoms with E-state index in [1.807, 2.05) is 0 Å². The third-order valence-corrected chi connectivity index (χ3v) is 2.25. The minimum Gasteiger partial charge on any atom is -0.351 e. The number of carbonyl (C=O) groups is 1. The molecular weight excluding hydrogens is 218 g/mol. The van der Waals surface area contributed by atoms with Crippen LogP contribution in [0.2, 0.25) is 0 Å². The number of rotatable bonds is 7. The van der Waals surface area contributed by atoms with E-state index in [-0.39, 0.29) is 5.91 Å². The van der Waals surface area contributed by atoms with Crippen molar-refractivity contribution in [3.05, 3.63) is 18.2 Å². The highest BCUT2D eigenvalue weighted by Crippen LogP contribution is 1.97. The Labute approximate surface area is 100 Å². The number of hydrogen-bond acceptors (Lipinski definition) is 4. The van der Waals surface area contributed by atoms with Crippen LogP contribution in [-0.4, -0.2) is 28.5 Å². The molecule has 1 rings (SSSR count). The van der Waals surface area contributed by atoms with Gasteiger partial charge in [-0.25, -0.2) is 4.98 Å². The van der Waals surface area contributed by atoms with Gasteiger partial charge < -0.3 is 15.6 Å². The van der Waals surface area contributed by atoms with Gasteiger partial charge in [0.1, 0.15) is 5.69 Å². The van der Waals surface area contributed by atoms with Crippen LogP contribution in [0.15, 0.2) is 12.5 Å². The van der Waals surface area contributed by atoms with E-state index in [9.17, 15) is 4.79 Å². The molecule has 0 spiro atoms. The van der Waals surface area contributed by atoms with E-state index in [4.69, 9.17) is 11.0 Å². The van der Waals surface area contributed by atoms with Crippen molar-refractivity contribution in [2.24, 2.45) is 5.73 Å². The Morgan fingerprint density at radius 2 is 2.41 bits per heavy atom. The zero-order chi connectivity index (χ0) is 12.5. The van der Waals surface area contributed by atoms with Crippen LogP contribution in [0.4, 0.5) is 0 Å². The molecule has 0 aromatic carbocycles. The topological polar surface area (TPSA) is 96.7 Å². The van der Waals surface area contributed by atoms with Crippen LogP contribution in [0.25, 0.3) is 0 Å². The summed E-state index contributed by atoms with van der Waals surface area (Å²) in [6.07, 6.45) is 5.41. The summed E-state index contributed by atoms with van der Waals surface area (Å²) in [6, 6.07) is 2.06. The van der Waals surface area contributed by atoms with Gasteiger partial charge in [-0.1, -0.05) is 0 Å². The molecule has 0 saturated carbocycles. The van der Waals surface area contributed by atoms with Crippen molar-refractivity contribution in [2.75, 3.05) is 13.1 Å². The first-order chi connectivity index (χ1) is 8.27. The summed E-state index contributed by atoms with van der Waals surface area (Å²) in [5.41, 5.74) is 5.80. The molecule has 1 aromatic rings. The third kappa shape index (κ3) is 4.66. The summed E-state index contributed by atoms with van der Waals surface area (Å²) in [5, 5.41) is 11.1. The van der Waals surface area contributed by atoms with Crippen LogP contribution in [0, 0.1) is 11.3 Å². The number of imidazole rings is 1. The molecule has 1 aromatic heterocycles. The largest absolute Gasteiger partial charge is 0.351 e. The maximum atomic E-state index is 11.6. The predicted molar refractivity (Wildman–Crippen MR) is 63.1 cm³/mol. The monoisotopic (exact) mass is 235 g/mol. The van der Waals surface area contributed by atoms with Crippen molar-refractivity contribution in [2.45, 2.75) is 25.8 Å². The van der Waals surface area contributed by atoms with Gasteiger partial charge in [0, 0.05) is 32.3 Å². The van der Waals surface area contributed by atoms with E-state index in [0.717, 1.165) is 12.8 Å². The second kappa shape index (κ2) is 7.41. The highest BCUT2D eigenvalue weighted by Gasteiger charge is 2.07. The van der Waals surface area contributed by atoms with Gasteiger partial charge in [0.2, 0.25) is 0 Å². The molecule has 6 nitrogen and oxygen atoms in total. The minimum atomic E-state index is -0.183. The SMILES string of the molecule is N#CCCCCNC(=O)c1cn(CCN)cn1. The lowest BCUT2D eigenvalue weighted by molar-refractivity contribution is 0.0948. The highest BCUT2D eigenvalue weighted by atomic mass is 16.1. The normalized spacial score (nSPS) is 9.88. The Balaban J connectivity index is 2.29. The minimum absolute atomic E-state index is 0.183. The van der Waals surface area contributed by atoms with Crippen LogP contribution in [0.3, 0.4) is 0 Å². The van der Waals surface area contributed by atoms with Gasteiger partial charge in [-0.15, -0.1) is 0 Å². The molecule has 3 N–H and O–H groups in total. The van der Waals surface area contributed by atoms with Crippen molar-refractivity contribution < 1.29 is 4.79 Å². The van der Waals surface area contributed by atoms with Crippen molar-refractivity contribution in [3.8, 4) is 6.07 Å². The van der Waals surface area contributed by atoms with Gasteiger partial charge >= 0.3 is 0 Å². The first kappa shape index (κ1) is 13.2. The van der Waals surface area contributed by atoms with E-state index >= 15 is 0 Å². The lowest BCUT2D eigenvalue weighted by Gasteiger charge is -2.01. The molecule has 0 atom stereocenters. The summed E-state index contributed by atoms with van der Waals surface area (Å²) < 4.78 is 1.78. The summed E-state index contributed by atoms with van der Waals surface area (Å²) >= 11 is 0. The number of unbranched alkanes of at least 4 members (excludes halogenated alkanes) is 2. The molecule has 0 aliphatic rings. The number of nitrogens with zero attached hydrogens (tertiary/aromatic N) is 3. The number of nitriles is 1. The lowest BCUT2D eigenvalue weighted by Crippen LogP contribution is -2.24. The van der Waals surface area contributed by atoms with Gasteiger partial charge in [0.05, 0.1) is 12.4 Å². The van der Waals surface area contributed by atoms with Gasteiger partial charge in [-0.05, 0) is 12.8 Å². The van der Waals surface area contributed by atoms with Crippen LogP contribution < -0.4 is 11.1 Å². The maximum absolute atomic E-state index is 11.6. The number of nitrogens with one attached hydrogen (secondary N) is 1. The van der Waals surface area contributed by atoms with Gasteiger partial charge in [0.15, 0.2) is 0 Å². The summed E-state index contributed by atoms with van der Waals surface area (Å²) in [7, 11) is 0. The van der Waals surface area contributed by atoms with Crippen molar-refractivity contribution >= 4 is 5.91 Å². The number of nitrogens with two attached hydrogens (primary N) is 1. The molecule has 0 aliphatic heterocycles. The van der Waals surface area contributed by atoms with E-state index in [2.05, 4.69) is 16.4 Å². The number of hydrogen-bond donors (Lipinski definition) is 2. The molecule has 92 valence electrons. The number of aromatic nitrogens is 2. The number of amides is 1. The van der Waals surface area contributed by atoms with Crippen molar-refractivity contribution in [1.29, 1.82) is 5.26 Å². The van der Waals surface area contributed by atoms with Crippen molar-refractivity contribution in [1.82, 2.24) is 14.9 Å². The Morgan fingerprint density at radius 3 is 3.12 bits per heavy atom. The first-order valence-corrected chi connectivity index (χ1v) is 5.65. The van der Waals surface area contributed by atoms with Gasteiger partial charge in [0.25, 0.3) is 5.91 Å². The fourth-order valence-corrected chi connectivity index (χ4v) is 1.37. The summed E-state index contributed by atoms with van der Waals surface area (Å²) in [4.78, 5) is 15.6. The Hall–Kier alpha value is -1.87. The fraction of sp³-hybridized carbons (Fsp3) is 0.545. The summed E-state index contributed by atoms with van der Waals surface area (Å²) in [5.74, 6) is -0.183. The average Bonchev–Trinajstić information content (AvgIpc) is 2.78. The Morgan fingerprint density at radius 1 is 1.59 bits per heavy atom. The Bertz CT molecular complexity index is 393. The molecule has 1 heterocycles. The molecule has 0 fully saturated rings. The van der Waals surface area contributed by atoms with Crippen LogP contribution in [-0.2, 0) is 6.54 Å². The van der Waals surface area contributed by atoms with Crippen molar-refractivity contribution in [3.63, 3.8) is 0 Å². The molecule has 0 saturated heterocycles. The van der Waals surface area contributed by atoms with Gasteiger partial charge in [-0.2, -0.15) is 5.26 Å². The molecule has 6 heteroatoms. The zero-order valence-electron chi connectivity index (χ0n) is 9.72. The highest BCUT2D eigenvalue weighted by molar-refractivity contribution is 5.91. The standard InChI is InChI=1S/C11H17N5O/c12-4-2-1-3-6-14-11(17)10-8-16(7-5-13)9-15-10/h8-9H,1-3,5-7,13H2,(H,14,17). The summed E-state index contributed by atoms with van der Waals surface area (Å²) in [6.45, 7) is 1.75. The molecule has 1 amide bonds. The Kier molecular flexibility index (Phi) is 5.75. The zero-order valence-corrected chi connectivity index (χ0v) is 9.72. The van der Waals surface area contributed by atoms with E-state index in [1.54, 1.807) is 17.1 Å². The van der Waals surface area contributed by atoms with Crippen LogP contribution >= 0.6 is 0 Å². The second-order valence-electron chi connectivity index (χ2n) is 3.66. The van der Waals surface area contributed by atoms with E-state index in [1.165, 1.54) is 0 Å². The first-order valence-electron chi connectivity index (χ1n) is 5.65. The predicted octanol–water partition coefficient (Wildman–Crippen LogP) is 0.265. The van der Waals surface area contributed by atoms with E-state index < -0.39 is 0 Å². The molecular formula is C11H17N5O. The van der Waals surface area contributed by atoms with Crippen LogP contribution in [0.1, 0.15) is 29.8 Å². The lowest BCUT2D eigenvalue weighted by atomic mass is 10.2. The molecule has 0 aliphatic carbocycles.